The fraction of sp³-hybridized carbons (Fsp3) is 0.462. The molecule has 1 aromatic rings. The summed E-state index contributed by atoms with van der Waals surface area (Å²) in [6, 6.07) is 3.25. The van der Waals surface area contributed by atoms with Crippen molar-refractivity contribution in [3.63, 3.8) is 0 Å². The lowest BCUT2D eigenvalue weighted by Gasteiger charge is -2.13. The van der Waals surface area contributed by atoms with E-state index >= 15 is 0 Å². The molecule has 0 saturated heterocycles. The highest BCUT2D eigenvalue weighted by Crippen LogP contribution is 2.31. The quantitative estimate of drug-likeness (QED) is 0.815. The third-order valence-corrected chi connectivity index (χ3v) is 3.92. The van der Waals surface area contributed by atoms with Crippen molar-refractivity contribution in [2.24, 2.45) is 0 Å². The molecule has 1 rings (SSSR count). The Morgan fingerprint density at radius 2 is 2.00 bits per heavy atom. The van der Waals surface area contributed by atoms with Gasteiger partial charge >= 0.3 is 0 Å². The second kappa shape index (κ2) is 6.95. The highest BCUT2D eigenvalue weighted by atomic mass is 35.7. The molecule has 7 heteroatoms. The van der Waals surface area contributed by atoms with Gasteiger partial charge in [0.1, 0.15) is 10.6 Å². The number of ether oxygens (including phenoxy) is 1. The Morgan fingerprint density at radius 3 is 2.55 bits per heavy atom. The van der Waals surface area contributed by atoms with E-state index in [0.29, 0.717) is 12.1 Å². The van der Waals surface area contributed by atoms with Crippen molar-refractivity contribution < 1.29 is 17.9 Å². The topological polar surface area (TPSA) is 72.5 Å². The summed E-state index contributed by atoms with van der Waals surface area (Å²) in [5.41, 5.74) is 1.44. The lowest BCUT2D eigenvalue weighted by molar-refractivity contribution is -0.121. The summed E-state index contributed by atoms with van der Waals surface area (Å²) >= 11 is 0. The molecular weight excluding hydrogens is 302 g/mol. The molecular formula is C13H18ClNO4S. The Balaban J connectivity index is 2.92. The van der Waals surface area contributed by atoms with Crippen LogP contribution in [0.15, 0.2) is 17.0 Å². The predicted octanol–water partition coefficient (Wildman–Crippen LogP) is 2.14. The number of halogens is 1. The van der Waals surface area contributed by atoms with Gasteiger partial charge in [0.15, 0.2) is 0 Å². The summed E-state index contributed by atoms with van der Waals surface area (Å²) in [4.78, 5) is 11.3. The summed E-state index contributed by atoms with van der Waals surface area (Å²) in [5.74, 6) is 0.0578. The highest BCUT2D eigenvalue weighted by molar-refractivity contribution is 8.13. The van der Waals surface area contributed by atoms with Crippen LogP contribution in [0.5, 0.6) is 5.75 Å². The van der Waals surface area contributed by atoms with Crippen LogP contribution in [0.1, 0.15) is 24.5 Å². The van der Waals surface area contributed by atoms with Gasteiger partial charge in [-0.1, -0.05) is 6.07 Å². The molecule has 0 fully saturated rings. The third kappa shape index (κ3) is 4.68. The van der Waals surface area contributed by atoms with E-state index in [1.807, 2.05) is 6.92 Å². The molecule has 0 radical (unpaired) electrons. The summed E-state index contributed by atoms with van der Waals surface area (Å²) in [5, 5.41) is 2.64. The predicted molar refractivity (Wildman–Crippen MR) is 77.8 cm³/mol. The van der Waals surface area contributed by atoms with E-state index in [1.165, 1.54) is 6.07 Å². The van der Waals surface area contributed by atoms with Gasteiger partial charge < -0.3 is 10.1 Å². The standard InChI is InChI=1S/C13H18ClNO4S/c1-4-15-12(16)5-6-19-13-10(3)7-9(2)8-11(13)20(14,17)18/h7-8H,4-6H2,1-3H3,(H,15,16). The molecule has 0 aliphatic carbocycles. The van der Waals surface area contributed by atoms with Crippen molar-refractivity contribution in [2.75, 3.05) is 13.2 Å². The summed E-state index contributed by atoms with van der Waals surface area (Å²) in [6.45, 7) is 5.97. The van der Waals surface area contributed by atoms with Crippen LogP contribution in [0.4, 0.5) is 0 Å². The number of rotatable bonds is 6. The summed E-state index contributed by atoms with van der Waals surface area (Å²) < 4.78 is 28.6. The van der Waals surface area contributed by atoms with E-state index in [1.54, 1.807) is 19.9 Å². The normalized spacial score (nSPS) is 11.2. The van der Waals surface area contributed by atoms with Crippen LogP contribution in [-0.2, 0) is 13.8 Å². The van der Waals surface area contributed by atoms with Gasteiger partial charge in [0.2, 0.25) is 5.91 Å². The van der Waals surface area contributed by atoms with Crippen molar-refractivity contribution in [2.45, 2.75) is 32.1 Å². The SMILES string of the molecule is CCNC(=O)CCOc1c(C)cc(C)cc1S(=O)(=O)Cl. The van der Waals surface area contributed by atoms with Gasteiger partial charge in [-0.05, 0) is 38.0 Å². The van der Waals surface area contributed by atoms with Crippen LogP contribution in [0.25, 0.3) is 0 Å². The van der Waals surface area contributed by atoms with Crippen molar-refractivity contribution in [1.82, 2.24) is 5.32 Å². The number of nitrogens with one attached hydrogen (secondary N) is 1. The van der Waals surface area contributed by atoms with Gasteiger partial charge in [0, 0.05) is 17.2 Å². The molecule has 1 amide bonds. The van der Waals surface area contributed by atoms with E-state index in [-0.39, 0.29) is 29.6 Å². The van der Waals surface area contributed by atoms with Crippen molar-refractivity contribution in [3.8, 4) is 5.75 Å². The van der Waals surface area contributed by atoms with Crippen molar-refractivity contribution in [3.05, 3.63) is 23.3 Å². The maximum absolute atomic E-state index is 11.6. The largest absolute Gasteiger partial charge is 0.491 e. The number of carbonyl (C=O) groups excluding carboxylic acids is 1. The smallest absolute Gasteiger partial charge is 0.265 e. The van der Waals surface area contributed by atoms with Crippen LogP contribution < -0.4 is 10.1 Å². The van der Waals surface area contributed by atoms with Gasteiger partial charge in [0.25, 0.3) is 9.05 Å². The average molecular weight is 320 g/mol. The number of carbonyl (C=O) groups is 1. The first kappa shape index (κ1) is 16.8. The van der Waals surface area contributed by atoms with E-state index < -0.39 is 9.05 Å². The Bertz CT molecular complexity index is 599. The van der Waals surface area contributed by atoms with Crippen LogP contribution in [0.2, 0.25) is 0 Å². The molecule has 0 aromatic heterocycles. The van der Waals surface area contributed by atoms with Gasteiger partial charge in [-0.3, -0.25) is 4.79 Å². The fourth-order valence-electron chi connectivity index (χ4n) is 1.81. The van der Waals surface area contributed by atoms with Crippen LogP contribution in [-0.4, -0.2) is 27.5 Å². The number of benzene rings is 1. The second-order valence-corrected chi connectivity index (χ2v) is 6.93. The zero-order chi connectivity index (χ0) is 15.3. The van der Waals surface area contributed by atoms with Gasteiger partial charge in [-0.15, -0.1) is 0 Å². The first-order chi connectivity index (χ1) is 9.25. The molecule has 0 saturated carbocycles. The number of amides is 1. The van der Waals surface area contributed by atoms with Crippen LogP contribution in [0.3, 0.4) is 0 Å². The number of hydrogen-bond acceptors (Lipinski definition) is 4. The number of aryl methyl sites for hydroxylation is 2. The average Bonchev–Trinajstić information content (AvgIpc) is 2.30. The first-order valence-electron chi connectivity index (χ1n) is 6.21. The molecule has 1 aromatic carbocycles. The van der Waals surface area contributed by atoms with Crippen LogP contribution >= 0.6 is 10.7 Å². The van der Waals surface area contributed by atoms with E-state index in [0.717, 1.165) is 5.56 Å². The Morgan fingerprint density at radius 1 is 1.35 bits per heavy atom. The zero-order valence-electron chi connectivity index (χ0n) is 11.7. The van der Waals surface area contributed by atoms with E-state index in [9.17, 15) is 13.2 Å². The Labute approximate surface area is 123 Å². The van der Waals surface area contributed by atoms with Crippen molar-refractivity contribution >= 4 is 25.6 Å². The molecule has 5 nitrogen and oxygen atoms in total. The third-order valence-electron chi connectivity index (χ3n) is 2.60. The monoisotopic (exact) mass is 319 g/mol. The van der Waals surface area contributed by atoms with Crippen molar-refractivity contribution in [1.29, 1.82) is 0 Å². The first-order valence-corrected chi connectivity index (χ1v) is 8.52. The minimum Gasteiger partial charge on any atom is -0.491 e. The molecule has 0 spiro atoms. The molecule has 0 aliphatic rings. The van der Waals surface area contributed by atoms with E-state index in [2.05, 4.69) is 5.32 Å². The molecule has 0 unspecified atom stereocenters. The molecule has 0 heterocycles. The summed E-state index contributed by atoms with van der Waals surface area (Å²) in [7, 11) is 1.52. The zero-order valence-corrected chi connectivity index (χ0v) is 13.3. The van der Waals surface area contributed by atoms with Crippen LogP contribution in [0, 0.1) is 13.8 Å². The minimum atomic E-state index is -3.89. The summed E-state index contributed by atoms with van der Waals surface area (Å²) in [6.07, 6.45) is 0.156. The highest BCUT2D eigenvalue weighted by Gasteiger charge is 2.19. The van der Waals surface area contributed by atoms with Gasteiger partial charge in [-0.2, -0.15) is 0 Å². The second-order valence-electron chi connectivity index (χ2n) is 4.40. The Kier molecular flexibility index (Phi) is 5.83. The Hall–Kier alpha value is -1.27. The van der Waals surface area contributed by atoms with Gasteiger partial charge in [0.05, 0.1) is 13.0 Å². The number of hydrogen-bond donors (Lipinski definition) is 1. The lowest BCUT2D eigenvalue weighted by atomic mass is 10.1. The molecule has 20 heavy (non-hydrogen) atoms. The maximum atomic E-state index is 11.6. The molecule has 112 valence electrons. The van der Waals surface area contributed by atoms with E-state index in [4.69, 9.17) is 15.4 Å². The maximum Gasteiger partial charge on any atom is 0.265 e. The molecule has 0 atom stereocenters. The fourth-order valence-corrected chi connectivity index (χ4v) is 2.92. The molecule has 0 aliphatic heterocycles. The lowest BCUT2D eigenvalue weighted by Crippen LogP contribution is -2.24. The van der Waals surface area contributed by atoms with Gasteiger partial charge in [-0.25, -0.2) is 8.42 Å². The molecule has 0 bridgehead atoms. The molecule has 1 N–H and O–H groups in total. The minimum absolute atomic E-state index is 0.0624.